The lowest BCUT2D eigenvalue weighted by Gasteiger charge is -2.29. The number of nitrogens with zero attached hydrogens (tertiary/aromatic N) is 1. The molecule has 2 aromatic rings. The average Bonchev–Trinajstić information content (AvgIpc) is 3.07. The van der Waals surface area contributed by atoms with E-state index in [2.05, 4.69) is 19.1 Å². The van der Waals surface area contributed by atoms with Gasteiger partial charge in [-0.05, 0) is 43.0 Å². The number of amides is 1. The van der Waals surface area contributed by atoms with E-state index in [9.17, 15) is 9.90 Å². The van der Waals surface area contributed by atoms with Gasteiger partial charge >= 0.3 is 0 Å². The first kappa shape index (κ1) is 17.3. The lowest BCUT2D eigenvalue weighted by atomic mass is 10.0. The highest BCUT2D eigenvalue weighted by Crippen LogP contribution is 2.16. The minimum atomic E-state index is -0.176. The summed E-state index contributed by atoms with van der Waals surface area (Å²) in [6.07, 6.45) is 3.46. The third-order valence-corrected chi connectivity index (χ3v) is 4.22. The summed E-state index contributed by atoms with van der Waals surface area (Å²) in [6.45, 7) is 4.40. The molecule has 23 heavy (non-hydrogen) atoms. The second-order valence-corrected chi connectivity index (χ2v) is 5.77. The van der Waals surface area contributed by atoms with Crippen LogP contribution in [0.5, 0.6) is 0 Å². The Morgan fingerprint density at radius 1 is 1.26 bits per heavy atom. The highest BCUT2D eigenvalue weighted by Gasteiger charge is 2.22. The Morgan fingerprint density at radius 3 is 2.65 bits per heavy atom. The molecule has 0 saturated carbocycles. The summed E-state index contributed by atoms with van der Waals surface area (Å²) in [7, 11) is 0. The molecule has 4 nitrogen and oxygen atoms in total. The normalized spacial score (nSPS) is 12.1. The van der Waals surface area contributed by atoms with Gasteiger partial charge in [-0.25, -0.2) is 0 Å². The Bertz CT molecular complexity index is 603. The zero-order valence-electron chi connectivity index (χ0n) is 13.9. The average molecular weight is 315 g/mol. The van der Waals surface area contributed by atoms with Crippen LogP contribution in [-0.2, 0) is 17.8 Å². The van der Waals surface area contributed by atoms with E-state index in [0.29, 0.717) is 25.8 Å². The molecular formula is C19H25NO3. The van der Waals surface area contributed by atoms with Crippen molar-refractivity contribution in [2.24, 2.45) is 0 Å². The molecule has 0 aliphatic heterocycles. The Morgan fingerprint density at radius 2 is 2.04 bits per heavy atom. The van der Waals surface area contributed by atoms with Gasteiger partial charge in [-0.2, -0.15) is 0 Å². The van der Waals surface area contributed by atoms with Crippen LogP contribution in [0.25, 0.3) is 0 Å². The number of carbonyl (C=O) groups excluding carboxylic acids is 1. The van der Waals surface area contributed by atoms with Gasteiger partial charge in [0.2, 0.25) is 5.91 Å². The van der Waals surface area contributed by atoms with Crippen LogP contribution >= 0.6 is 0 Å². The minimum Gasteiger partial charge on any atom is -0.467 e. The van der Waals surface area contributed by atoms with Crippen LogP contribution in [0.1, 0.15) is 36.7 Å². The molecule has 0 radical (unpaired) electrons. The fourth-order valence-electron chi connectivity index (χ4n) is 2.72. The molecule has 124 valence electrons. The van der Waals surface area contributed by atoms with E-state index in [1.165, 1.54) is 11.1 Å². The van der Waals surface area contributed by atoms with E-state index in [1.807, 2.05) is 31.2 Å². The van der Waals surface area contributed by atoms with Gasteiger partial charge in [-0.15, -0.1) is 0 Å². The molecule has 0 bridgehead atoms. The highest BCUT2D eigenvalue weighted by atomic mass is 16.3. The fourth-order valence-corrected chi connectivity index (χ4v) is 2.72. The number of aliphatic hydroxyl groups excluding tert-OH is 1. The summed E-state index contributed by atoms with van der Waals surface area (Å²) in [6, 6.07) is 11.6. The van der Waals surface area contributed by atoms with E-state index in [-0.39, 0.29) is 18.6 Å². The maximum Gasteiger partial charge on any atom is 0.223 e. The van der Waals surface area contributed by atoms with E-state index >= 15 is 0 Å². The van der Waals surface area contributed by atoms with Crippen molar-refractivity contribution in [3.8, 4) is 0 Å². The van der Waals surface area contributed by atoms with Crippen molar-refractivity contribution in [3.05, 3.63) is 59.5 Å². The topological polar surface area (TPSA) is 53.7 Å². The first-order chi connectivity index (χ1) is 11.2. The highest BCUT2D eigenvalue weighted by molar-refractivity contribution is 5.76. The third kappa shape index (κ3) is 4.70. The number of aliphatic hydroxyl groups is 1. The van der Waals surface area contributed by atoms with Crippen molar-refractivity contribution < 1.29 is 14.3 Å². The van der Waals surface area contributed by atoms with Gasteiger partial charge in [0.1, 0.15) is 5.76 Å². The Hall–Kier alpha value is -2.07. The molecule has 0 fully saturated rings. The maximum atomic E-state index is 12.7. The van der Waals surface area contributed by atoms with Gasteiger partial charge in [0, 0.05) is 6.42 Å². The van der Waals surface area contributed by atoms with Crippen LogP contribution in [0.2, 0.25) is 0 Å². The second kappa shape index (κ2) is 8.53. The maximum absolute atomic E-state index is 12.7. The number of carbonyl (C=O) groups is 1. The Kier molecular flexibility index (Phi) is 6.41. The number of hydrogen-bond donors (Lipinski definition) is 1. The van der Waals surface area contributed by atoms with Gasteiger partial charge in [0.25, 0.3) is 0 Å². The van der Waals surface area contributed by atoms with E-state index in [1.54, 1.807) is 11.2 Å². The fraction of sp³-hybridized carbons (Fsp3) is 0.421. The Labute approximate surface area is 137 Å². The van der Waals surface area contributed by atoms with Gasteiger partial charge in [0.05, 0.1) is 25.5 Å². The molecular weight excluding hydrogens is 290 g/mol. The zero-order valence-corrected chi connectivity index (χ0v) is 13.9. The molecule has 0 saturated heterocycles. The second-order valence-electron chi connectivity index (χ2n) is 5.77. The molecule has 1 aromatic carbocycles. The first-order valence-corrected chi connectivity index (χ1v) is 8.13. The largest absolute Gasteiger partial charge is 0.467 e. The van der Waals surface area contributed by atoms with Crippen LogP contribution in [0.15, 0.2) is 47.1 Å². The van der Waals surface area contributed by atoms with Crippen molar-refractivity contribution in [1.29, 1.82) is 0 Å². The van der Waals surface area contributed by atoms with Crippen LogP contribution in [-0.4, -0.2) is 28.6 Å². The molecule has 0 spiro atoms. The minimum absolute atomic E-state index is 0.0344. The van der Waals surface area contributed by atoms with Crippen molar-refractivity contribution in [2.45, 2.75) is 45.7 Å². The van der Waals surface area contributed by atoms with Gasteiger partial charge in [0.15, 0.2) is 0 Å². The molecule has 1 heterocycles. The molecule has 1 atom stereocenters. The molecule has 1 aromatic heterocycles. The number of furan rings is 1. The van der Waals surface area contributed by atoms with Crippen LogP contribution in [0.3, 0.4) is 0 Å². The van der Waals surface area contributed by atoms with Crippen LogP contribution < -0.4 is 0 Å². The van der Waals surface area contributed by atoms with E-state index in [0.717, 1.165) is 5.76 Å². The monoisotopic (exact) mass is 315 g/mol. The number of aryl methyl sites for hydroxylation is 2. The molecule has 4 heteroatoms. The lowest BCUT2D eigenvalue weighted by molar-refractivity contribution is -0.135. The quantitative estimate of drug-likeness (QED) is 0.813. The molecule has 2 rings (SSSR count). The summed E-state index contributed by atoms with van der Waals surface area (Å²) >= 11 is 0. The summed E-state index contributed by atoms with van der Waals surface area (Å²) in [4.78, 5) is 14.4. The molecule has 1 amide bonds. The molecule has 0 unspecified atom stereocenters. The molecule has 0 aliphatic carbocycles. The standard InChI is InChI=1S/C19H25NO3/c1-3-17(14-21)20(13-18-9-6-12-23-18)19(22)11-10-16-8-5-4-7-15(16)2/h4-9,12,17,21H,3,10-11,13-14H2,1-2H3/t17-/m1/s1. The zero-order chi connectivity index (χ0) is 16.7. The van der Waals surface area contributed by atoms with Crippen LogP contribution in [0, 0.1) is 6.92 Å². The van der Waals surface area contributed by atoms with E-state index in [4.69, 9.17) is 4.42 Å². The number of benzene rings is 1. The summed E-state index contributed by atoms with van der Waals surface area (Å²) in [5.41, 5.74) is 2.39. The summed E-state index contributed by atoms with van der Waals surface area (Å²) in [5.74, 6) is 0.784. The van der Waals surface area contributed by atoms with Crippen molar-refractivity contribution in [3.63, 3.8) is 0 Å². The third-order valence-electron chi connectivity index (χ3n) is 4.22. The molecule has 1 N–H and O–H groups in total. The predicted molar refractivity (Wildman–Crippen MR) is 89.9 cm³/mol. The summed E-state index contributed by atoms with van der Waals surface area (Å²) < 4.78 is 5.36. The van der Waals surface area contributed by atoms with Crippen molar-refractivity contribution >= 4 is 5.91 Å². The van der Waals surface area contributed by atoms with Gasteiger partial charge < -0.3 is 14.4 Å². The lowest BCUT2D eigenvalue weighted by Crippen LogP contribution is -2.41. The SMILES string of the molecule is CC[C@H](CO)N(Cc1ccco1)C(=O)CCc1ccccc1C. The van der Waals surface area contributed by atoms with Crippen molar-refractivity contribution in [2.75, 3.05) is 6.61 Å². The first-order valence-electron chi connectivity index (χ1n) is 8.13. The van der Waals surface area contributed by atoms with Gasteiger partial charge in [-0.1, -0.05) is 31.2 Å². The smallest absolute Gasteiger partial charge is 0.223 e. The van der Waals surface area contributed by atoms with E-state index < -0.39 is 0 Å². The van der Waals surface area contributed by atoms with Crippen LogP contribution in [0.4, 0.5) is 0 Å². The predicted octanol–water partition coefficient (Wildman–Crippen LogP) is 3.32. The van der Waals surface area contributed by atoms with Gasteiger partial charge in [-0.3, -0.25) is 4.79 Å². The Balaban J connectivity index is 2.05. The van der Waals surface area contributed by atoms with Crippen molar-refractivity contribution in [1.82, 2.24) is 4.90 Å². The number of rotatable bonds is 8. The molecule has 0 aliphatic rings. The number of hydrogen-bond acceptors (Lipinski definition) is 3. The summed E-state index contributed by atoms with van der Waals surface area (Å²) in [5, 5.41) is 9.58.